The van der Waals surface area contributed by atoms with Crippen molar-refractivity contribution < 1.29 is 47.0 Å². The number of aryl methyl sites for hydroxylation is 4. The number of piperidine rings is 1. The fourth-order valence-electron chi connectivity index (χ4n) is 9.19. The van der Waals surface area contributed by atoms with E-state index in [9.17, 15) is 37.5 Å². The van der Waals surface area contributed by atoms with E-state index < -0.39 is 39.9 Å². The zero-order chi connectivity index (χ0) is 53.7. The highest BCUT2D eigenvalue weighted by Gasteiger charge is 2.35. The number of nitrogens with two attached hydrogens (primary N) is 2. The number of amides is 5. The summed E-state index contributed by atoms with van der Waals surface area (Å²) in [4.78, 5) is 74.7. The molecular weight excluding hydrogens is 991 g/mol. The van der Waals surface area contributed by atoms with Crippen LogP contribution in [0.25, 0.3) is 22.1 Å². The summed E-state index contributed by atoms with van der Waals surface area (Å²) < 4.78 is 48.0. The van der Waals surface area contributed by atoms with Crippen molar-refractivity contribution in [1.29, 1.82) is 0 Å². The monoisotopic (exact) mass is 1050 g/mol. The van der Waals surface area contributed by atoms with Crippen molar-refractivity contribution in [3.8, 4) is 23.3 Å². The fourth-order valence-corrected chi connectivity index (χ4v) is 10.8. The summed E-state index contributed by atoms with van der Waals surface area (Å²) in [5.41, 5.74) is 15.1. The Labute approximate surface area is 431 Å². The summed E-state index contributed by atoms with van der Waals surface area (Å²) >= 11 is 0. The number of carboxylic acid groups (broad SMARTS) is 1. The number of rotatable bonds is 18. The molecule has 75 heavy (non-hydrogen) atoms. The van der Waals surface area contributed by atoms with E-state index in [4.69, 9.17) is 30.9 Å². The first-order chi connectivity index (χ1) is 35.9. The van der Waals surface area contributed by atoms with Crippen LogP contribution < -0.4 is 31.6 Å². The third-order valence-electron chi connectivity index (χ3n) is 13.0. The zero-order valence-electron chi connectivity index (χ0n) is 42.2. The third-order valence-corrected chi connectivity index (χ3v) is 15.1. The zero-order valence-corrected chi connectivity index (χ0v) is 43.0. The number of nitrogens with zero attached hydrogens (tertiary/aromatic N) is 11. The number of anilines is 2. The maximum atomic E-state index is 13.9. The van der Waals surface area contributed by atoms with Crippen LogP contribution in [-0.4, -0.2) is 148 Å². The van der Waals surface area contributed by atoms with Crippen molar-refractivity contribution in [2.75, 3.05) is 63.6 Å². The predicted octanol–water partition coefficient (Wildman–Crippen LogP) is 3.43. The second kappa shape index (κ2) is 22.5. The minimum absolute atomic E-state index is 0.0787. The number of piperazine rings is 1. The Morgan fingerprint density at radius 2 is 1.20 bits per heavy atom. The minimum atomic E-state index is -3.74. The van der Waals surface area contributed by atoms with Crippen molar-refractivity contribution in [3.05, 3.63) is 82.5 Å². The van der Waals surface area contributed by atoms with Crippen molar-refractivity contribution in [2.24, 2.45) is 17.4 Å². The second-order valence-electron chi connectivity index (χ2n) is 17.9. The number of hydrogen-bond acceptors (Lipinski definition) is 13. The average molecular weight is 1050 g/mol. The normalized spacial score (nSPS) is 14.8. The van der Waals surface area contributed by atoms with Crippen LogP contribution in [0.15, 0.2) is 48.6 Å². The smallest absolute Gasteiger partial charge is 0.407 e. The summed E-state index contributed by atoms with van der Waals surface area (Å²) in [6.45, 7) is 9.32. The average Bonchev–Trinajstić information content (AvgIpc) is 4.17. The number of ether oxygens (including phenoxy) is 2. The number of benzene rings is 2. The SMILES string of the molecule is CCn1nc(C)cc1C(=O)Nc1nc2cc(C(N)=O)cc(OC)c2n1C/C=C/Cn1c(NC(=O)c2cc(C)nn2CC)nc2cc(C(N)=O)cc(OCC#CCC3CCN(S(=O)(=O)N4CCN(C(=O)O)CC4)CC3)c21. The number of fused-ring (bicyclic) bond motifs is 2. The largest absolute Gasteiger partial charge is 0.494 e. The number of aromatic nitrogens is 8. The quantitative estimate of drug-likeness (QED) is 0.0609. The molecule has 396 valence electrons. The molecule has 0 saturated carbocycles. The van der Waals surface area contributed by atoms with Crippen molar-refractivity contribution in [2.45, 2.75) is 73.1 Å². The van der Waals surface area contributed by atoms with Crippen LogP contribution in [0.1, 0.15) is 86.2 Å². The Balaban J connectivity index is 1.06. The van der Waals surface area contributed by atoms with E-state index in [1.54, 1.807) is 56.6 Å². The number of imidazole rings is 2. The number of hydrogen-bond donors (Lipinski definition) is 5. The van der Waals surface area contributed by atoms with Crippen molar-refractivity contribution >= 4 is 73.9 Å². The Morgan fingerprint density at radius 1 is 0.720 bits per heavy atom. The van der Waals surface area contributed by atoms with E-state index in [2.05, 4.69) is 32.7 Å². The molecule has 2 aromatic carbocycles. The van der Waals surface area contributed by atoms with Gasteiger partial charge in [0.2, 0.25) is 23.7 Å². The van der Waals surface area contributed by atoms with E-state index in [-0.39, 0.29) is 91.8 Å². The first kappa shape index (κ1) is 53.0. The molecule has 0 atom stereocenters. The Morgan fingerprint density at radius 3 is 1.67 bits per heavy atom. The molecule has 2 saturated heterocycles. The van der Waals surface area contributed by atoms with E-state index in [1.165, 1.54) is 44.9 Å². The summed E-state index contributed by atoms with van der Waals surface area (Å²) in [5.74, 6) is 4.68. The first-order valence-electron chi connectivity index (χ1n) is 24.3. The Bertz CT molecular complexity index is 3400. The summed E-state index contributed by atoms with van der Waals surface area (Å²) in [6, 6.07) is 9.32. The van der Waals surface area contributed by atoms with Gasteiger partial charge in [0.05, 0.1) is 29.5 Å². The molecule has 6 heterocycles. The lowest BCUT2D eigenvalue weighted by Crippen LogP contribution is -2.55. The van der Waals surface area contributed by atoms with E-state index >= 15 is 0 Å². The molecule has 26 heteroatoms. The van der Waals surface area contributed by atoms with Gasteiger partial charge in [-0.25, -0.2) is 14.8 Å². The van der Waals surface area contributed by atoms with Gasteiger partial charge in [-0.1, -0.05) is 24.0 Å². The topological polar surface area (TPSA) is 315 Å². The van der Waals surface area contributed by atoms with Gasteiger partial charge in [0.1, 0.15) is 40.5 Å². The van der Waals surface area contributed by atoms with Crippen molar-refractivity contribution in [1.82, 2.24) is 52.2 Å². The summed E-state index contributed by atoms with van der Waals surface area (Å²) in [7, 11) is -2.30. The molecule has 0 unspecified atom stereocenters. The number of carbonyl (C=O) groups excluding carboxylic acids is 4. The molecule has 0 aliphatic carbocycles. The van der Waals surface area contributed by atoms with Crippen LogP contribution in [0.4, 0.5) is 16.7 Å². The van der Waals surface area contributed by atoms with Gasteiger partial charge in [-0.05, 0) is 82.9 Å². The molecule has 25 nitrogen and oxygen atoms in total. The summed E-state index contributed by atoms with van der Waals surface area (Å²) in [6.07, 6.45) is 4.20. The highest BCUT2D eigenvalue weighted by molar-refractivity contribution is 7.86. The van der Waals surface area contributed by atoms with Gasteiger partial charge in [-0.15, -0.1) is 0 Å². The third kappa shape index (κ3) is 11.4. The standard InChI is InChI=1S/C49H59N15O10S/c1-6-63-37(24-30(3)56-63)45(67)54-47-52-35-26-33(43(50)65)28-39(73-5)41(35)61(47)15-9-10-16-62-42-36(53-48(62)55-46(68)38-25-31(4)57-64(38)7-2)27-34(44(51)66)29-40(42)74-23-11-8-12-32-13-17-59(18-14-32)75(71,72)60-21-19-58(20-22-60)49(69)70/h9-10,24-29,32H,6-7,12-23H2,1-5H3,(H2,50,65)(H2,51,66)(H,69,70)(H,52,54,67)(H,53,55,68)/b10-9+. The van der Waals surface area contributed by atoms with Gasteiger partial charge in [0.15, 0.2) is 0 Å². The molecular formula is C49H59N15O10S. The van der Waals surface area contributed by atoms with Crippen LogP contribution in [0.2, 0.25) is 0 Å². The van der Waals surface area contributed by atoms with Gasteiger partial charge in [0, 0.05) is 83.0 Å². The summed E-state index contributed by atoms with van der Waals surface area (Å²) in [5, 5.41) is 23.9. The molecule has 6 aromatic rings. The second-order valence-corrected chi connectivity index (χ2v) is 19.9. The number of allylic oxidation sites excluding steroid dienone is 2. The van der Waals surface area contributed by atoms with Gasteiger partial charge in [0.25, 0.3) is 22.0 Å². The fraction of sp³-hybridized carbons (Fsp3) is 0.408. The highest BCUT2D eigenvalue weighted by atomic mass is 32.2. The lowest BCUT2D eigenvalue weighted by molar-refractivity contribution is 0.0991. The molecule has 8 rings (SSSR count). The molecule has 4 aromatic heterocycles. The van der Waals surface area contributed by atoms with Crippen molar-refractivity contribution in [3.63, 3.8) is 0 Å². The molecule has 0 spiro atoms. The van der Waals surface area contributed by atoms with Gasteiger partial charge >= 0.3 is 6.09 Å². The van der Waals surface area contributed by atoms with E-state index in [0.29, 0.717) is 84.8 Å². The van der Waals surface area contributed by atoms with Crippen LogP contribution in [0.5, 0.6) is 11.5 Å². The Kier molecular flexibility index (Phi) is 15.9. The van der Waals surface area contributed by atoms with Gasteiger partial charge < -0.3 is 40.1 Å². The maximum absolute atomic E-state index is 13.9. The van der Waals surface area contributed by atoms with Crippen LogP contribution in [-0.2, 0) is 36.4 Å². The molecule has 7 N–H and O–H groups in total. The predicted molar refractivity (Wildman–Crippen MR) is 276 cm³/mol. The van der Waals surface area contributed by atoms with E-state index in [1.807, 2.05) is 13.8 Å². The molecule has 2 fully saturated rings. The molecule has 0 bridgehead atoms. The minimum Gasteiger partial charge on any atom is -0.494 e. The van der Waals surface area contributed by atoms with Crippen LogP contribution in [0, 0.1) is 31.6 Å². The molecule has 5 amide bonds. The van der Waals surface area contributed by atoms with Crippen LogP contribution >= 0.6 is 0 Å². The highest BCUT2D eigenvalue weighted by Crippen LogP contribution is 2.33. The van der Waals surface area contributed by atoms with E-state index in [0.717, 1.165) is 0 Å². The maximum Gasteiger partial charge on any atom is 0.407 e. The number of nitrogens with one attached hydrogen (secondary N) is 2. The lowest BCUT2D eigenvalue weighted by atomic mass is 9.95. The van der Waals surface area contributed by atoms with Crippen LogP contribution in [0.3, 0.4) is 0 Å². The number of methoxy groups -OCH3 is 1. The number of carbonyl (C=O) groups is 5. The lowest BCUT2D eigenvalue weighted by Gasteiger charge is -2.38. The molecule has 0 radical (unpaired) electrons. The molecule has 2 aliphatic heterocycles. The molecule has 2 aliphatic rings. The first-order valence-corrected chi connectivity index (χ1v) is 25.7. The van der Waals surface area contributed by atoms with Gasteiger partial charge in [-0.2, -0.15) is 27.2 Å². The van der Waals surface area contributed by atoms with Gasteiger partial charge in [-0.3, -0.25) is 39.2 Å². The number of primary amides is 2. The Hall–Kier alpha value is -8.28.